The summed E-state index contributed by atoms with van der Waals surface area (Å²) in [7, 11) is 0. The van der Waals surface area contributed by atoms with E-state index in [0.29, 0.717) is 37.1 Å². The van der Waals surface area contributed by atoms with Gasteiger partial charge < -0.3 is 10.6 Å². The van der Waals surface area contributed by atoms with Gasteiger partial charge in [-0.15, -0.1) is 0 Å². The number of benzene rings is 1. The Bertz CT molecular complexity index is 889. The van der Waals surface area contributed by atoms with Crippen LogP contribution >= 0.6 is 0 Å². The molecule has 0 saturated carbocycles. The summed E-state index contributed by atoms with van der Waals surface area (Å²) in [6.45, 7) is 4.30. The SMILES string of the molecule is CC(=O)N1CCC(C(C)(N)C(=O)Nc2ncc(-c3cc(F)cc(F)c3)cn2)CC1. The fourth-order valence-corrected chi connectivity index (χ4v) is 3.48. The predicted octanol–water partition coefficient (Wildman–Crippen LogP) is 2.34. The van der Waals surface area contributed by atoms with Crippen molar-refractivity contribution in [3.8, 4) is 11.1 Å². The molecule has 1 aromatic carbocycles. The van der Waals surface area contributed by atoms with Crippen molar-refractivity contribution in [1.29, 1.82) is 0 Å². The van der Waals surface area contributed by atoms with E-state index in [-0.39, 0.29) is 17.8 Å². The van der Waals surface area contributed by atoms with Crippen LogP contribution in [-0.4, -0.2) is 45.3 Å². The van der Waals surface area contributed by atoms with Gasteiger partial charge in [-0.25, -0.2) is 18.7 Å². The van der Waals surface area contributed by atoms with Crippen molar-refractivity contribution in [3.05, 3.63) is 42.2 Å². The van der Waals surface area contributed by atoms with Crippen LogP contribution in [0.1, 0.15) is 26.7 Å². The maximum absolute atomic E-state index is 13.4. The van der Waals surface area contributed by atoms with Gasteiger partial charge >= 0.3 is 0 Å². The van der Waals surface area contributed by atoms with E-state index in [2.05, 4.69) is 15.3 Å². The van der Waals surface area contributed by atoms with Gasteiger partial charge in [-0.05, 0) is 43.4 Å². The van der Waals surface area contributed by atoms with E-state index in [0.717, 1.165) is 6.07 Å². The van der Waals surface area contributed by atoms with E-state index in [4.69, 9.17) is 5.73 Å². The van der Waals surface area contributed by atoms with Crippen LogP contribution in [0.25, 0.3) is 11.1 Å². The van der Waals surface area contributed by atoms with E-state index >= 15 is 0 Å². The van der Waals surface area contributed by atoms with Gasteiger partial charge in [0.1, 0.15) is 11.6 Å². The maximum Gasteiger partial charge on any atom is 0.246 e. The molecule has 0 bridgehead atoms. The molecule has 1 aromatic heterocycles. The average molecular weight is 403 g/mol. The molecule has 3 rings (SSSR count). The number of likely N-dealkylation sites (tertiary alicyclic amines) is 1. The lowest BCUT2D eigenvalue weighted by molar-refractivity contribution is -0.131. The third-order valence-electron chi connectivity index (χ3n) is 5.35. The van der Waals surface area contributed by atoms with Crippen molar-refractivity contribution in [3.63, 3.8) is 0 Å². The van der Waals surface area contributed by atoms with Crippen LogP contribution in [0.4, 0.5) is 14.7 Å². The first kappa shape index (κ1) is 20.8. The Morgan fingerprint density at radius 3 is 2.17 bits per heavy atom. The van der Waals surface area contributed by atoms with Gasteiger partial charge in [0.05, 0.1) is 5.54 Å². The van der Waals surface area contributed by atoms with Crippen LogP contribution in [0.15, 0.2) is 30.6 Å². The van der Waals surface area contributed by atoms with Crippen molar-refractivity contribution in [2.45, 2.75) is 32.2 Å². The number of nitrogens with two attached hydrogens (primary N) is 1. The Balaban J connectivity index is 1.66. The van der Waals surface area contributed by atoms with Gasteiger partial charge in [0.15, 0.2) is 0 Å². The second kappa shape index (κ2) is 8.20. The lowest BCUT2D eigenvalue weighted by Crippen LogP contribution is -2.57. The van der Waals surface area contributed by atoms with E-state index in [1.165, 1.54) is 31.5 Å². The molecule has 1 saturated heterocycles. The Labute approximate surface area is 167 Å². The molecule has 1 fully saturated rings. The number of aromatic nitrogens is 2. The summed E-state index contributed by atoms with van der Waals surface area (Å²) in [4.78, 5) is 34.0. The standard InChI is InChI=1S/C20H23F2N5O2/c1-12(28)27-5-3-15(4-6-27)20(2,23)18(29)26-19-24-10-14(11-25-19)13-7-16(21)9-17(22)8-13/h7-11,15H,3-6,23H2,1-2H3,(H,24,25,26,29). The number of carbonyl (C=O) groups excluding carboxylic acids is 2. The van der Waals surface area contributed by atoms with Gasteiger partial charge in [0, 0.05) is 44.0 Å². The molecule has 29 heavy (non-hydrogen) atoms. The van der Waals surface area contributed by atoms with Gasteiger partial charge in [0.25, 0.3) is 0 Å². The van der Waals surface area contributed by atoms with Crippen molar-refractivity contribution in [2.75, 3.05) is 18.4 Å². The Hall–Kier alpha value is -2.94. The van der Waals surface area contributed by atoms with E-state index in [9.17, 15) is 18.4 Å². The number of nitrogens with zero attached hydrogens (tertiary/aromatic N) is 3. The molecule has 0 aliphatic carbocycles. The molecule has 7 nitrogen and oxygen atoms in total. The minimum absolute atomic E-state index is 0.0123. The third kappa shape index (κ3) is 4.73. The smallest absolute Gasteiger partial charge is 0.246 e. The molecule has 9 heteroatoms. The molecular formula is C20H23F2N5O2. The zero-order chi connectivity index (χ0) is 21.2. The molecule has 2 aromatic rings. The van der Waals surface area contributed by atoms with Crippen LogP contribution < -0.4 is 11.1 Å². The first-order valence-corrected chi connectivity index (χ1v) is 9.31. The number of nitrogens with one attached hydrogen (secondary N) is 1. The number of halogens is 2. The topological polar surface area (TPSA) is 101 Å². The first-order chi connectivity index (χ1) is 13.7. The highest BCUT2D eigenvalue weighted by atomic mass is 19.1. The largest absolute Gasteiger partial charge is 0.343 e. The molecule has 1 aliphatic rings. The molecule has 0 spiro atoms. The molecular weight excluding hydrogens is 380 g/mol. The molecule has 2 heterocycles. The number of anilines is 1. The van der Waals surface area contributed by atoms with Crippen molar-refractivity contribution in [1.82, 2.24) is 14.9 Å². The van der Waals surface area contributed by atoms with Crippen LogP contribution in [0, 0.1) is 17.6 Å². The van der Waals surface area contributed by atoms with Crippen LogP contribution in [-0.2, 0) is 9.59 Å². The van der Waals surface area contributed by atoms with E-state index < -0.39 is 23.1 Å². The normalized spacial score (nSPS) is 16.9. The van der Waals surface area contributed by atoms with Gasteiger partial charge in [0.2, 0.25) is 17.8 Å². The maximum atomic E-state index is 13.4. The molecule has 0 radical (unpaired) electrons. The summed E-state index contributed by atoms with van der Waals surface area (Å²) in [6, 6.07) is 3.12. The van der Waals surface area contributed by atoms with Crippen molar-refractivity contribution < 1.29 is 18.4 Å². The molecule has 1 aliphatic heterocycles. The second-order valence-corrected chi connectivity index (χ2v) is 7.47. The molecule has 154 valence electrons. The van der Waals surface area contributed by atoms with Crippen LogP contribution in [0.5, 0.6) is 0 Å². The zero-order valence-corrected chi connectivity index (χ0v) is 16.3. The van der Waals surface area contributed by atoms with Gasteiger partial charge in [-0.3, -0.25) is 14.9 Å². The summed E-state index contributed by atoms with van der Waals surface area (Å²) >= 11 is 0. The minimum atomic E-state index is -1.16. The third-order valence-corrected chi connectivity index (χ3v) is 5.35. The number of hydrogen-bond acceptors (Lipinski definition) is 5. The molecule has 1 atom stereocenters. The lowest BCUT2D eigenvalue weighted by atomic mass is 9.79. The van der Waals surface area contributed by atoms with Crippen LogP contribution in [0.2, 0.25) is 0 Å². The fourth-order valence-electron chi connectivity index (χ4n) is 3.48. The van der Waals surface area contributed by atoms with Gasteiger partial charge in [-0.2, -0.15) is 0 Å². The lowest BCUT2D eigenvalue weighted by Gasteiger charge is -2.39. The van der Waals surface area contributed by atoms with Crippen molar-refractivity contribution >= 4 is 17.8 Å². The number of rotatable bonds is 4. The highest BCUT2D eigenvalue weighted by molar-refractivity contribution is 5.96. The average Bonchev–Trinajstić information content (AvgIpc) is 2.67. The van der Waals surface area contributed by atoms with E-state index in [1.54, 1.807) is 11.8 Å². The quantitative estimate of drug-likeness (QED) is 0.816. The number of hydrogen-bond donors (Lipinski definition) is 2. The Morgan fingerprint density at radius 1 is 1.10 bits per heavy atom. The van der Waals surface area contributed by atoms with Gasteiger partial charge in [-0.1, -0.05) is 0 Å². The summed E-state index contributed by atoms with van der Waals surface area (Å²) in [5, 5.41) is 2.60. The zero-order valence-electron chi connectivity index (χ0n) is 16.3. The molecule has 2 amide bonds. The van der Waals surface area contributed by atoms with Crippen LogP contribution in [0.3, 0.4) is 0 Å². The molecule has 1 unspecified atom stereocenters. The second-order valence-electron chi connectivity index (χ2n) is 7.47. The summed E-state index contributed by atoms with van der Waals surface area (Å²) < 4.78 is 26.7. The molecule has 3 N–H and O–H groups in total. The highest BCUT2D eigenvalue weighted by Gasteiger charge is 2.39. The fraction of sp³-hybridized carbons (Fsp3) is 0.400. The monoisotopic (exact) mass is 403 g/mol. The van der Waals surface area contributed by atoms with Crippen molar-refractivity contribution in [2.24, 2.45) is 11.7 Å². The number of amides is 2. The number of carbonyl (C=O) groups is 2. The summed E-state index contributed by atoms with van der Waals surface area (Å²) in [6.07, 6.45) is 4.00. The summed E-state index contributed by atoms with van der Waals surface area (Å²) in [5.41, 5.74) is 5.85. The predicted molar refractivity (Wildman–Crippen MR) is 104 cm³/mol. The minimum Gasteiger partial charge on any atom is -0.343 e. The number of piperidine rings is 1. The summed E-state index contributed by atoms with van der Waals surface area (Å²) in [5.74, 6) is -1.86. The van der Waals surface area contributed by atoms with E-state index in [1.807, 2.05) is 0 Å². The Kier molecular flexibility index (Phi) is 5.88. The Morgan fingerprint density at radius 2 is 1.66 bits per heavy atom. The first-order valence-electron chi connectivity index (χ1n) is 9.31. The highest BCUT2D eigenvalue weighted by Crippen LogP contribution is 2.28.